The maximum atomic E-state index is 6.09. The molecule has 2 aromatic heterocycles. The van der Waals surface area contributed by atoms with E-state index in [4.69, 9.17) is 5.73 Å². The van der Waals surface area contributed by atoms with Gasteiger partial charge in [0.15, 0.2) is 0 Å². The van der Waals surface area contributed by atoms with Crippen molar-refractivity contribution in [1.82, 2.24) is 20.3 Å². The number of hydrogen-bond donors (Lipinski definition) is 3. The molecule has 24 heavy (non-hydrogen) atoms. The summed E-state index contributed by atoms with van der Waals surface area (Å²) in [5, 5.41) is 6.50. The van der Waals surface area contributed by atoms with Crippen LogP contribution >= 0.6 is 0 Å². The van der Waals surface area contributed by atoms with Gasteiger partial charge in [-0.2, -0.15) is 4.98 Å². The summed E-state index contributed by atoms with van der Waals surface area (Å²) in [6.45, 7) is 4.94. The maximum Gasteiger partial charge on any atom is 0.224 e. The Morgan fingerprint density at radius 3 is 2.83 bits per heavy atom. The molecule has 0 spiro atoms. The first kappa shape index (κ1) is 16.4. The van der Waals surface area contributed by atoms with Crippen molar-refractivity contribution in [3.63, 3.8) is 0 Å². The summed E-state index contributed by atoms with van der Waals surface area (Å²) in [6.07, 6.45) is 9.10. The minimum absolute atomic E-state index is 0.449. The minimum atomic E-state index is 0.449. The van der Waals surface area contributed by atoms with Crippen LogP contribution in [0.25, 0.3) is 16.8 Å². The Kier molecular flexibility index (Phi) is 5.38. The Bertz CT molecular complexity index is 708. The van der Waals surface area contributed by atoms with E-state index >= 15 is 0 Å². The lowest BCUT2D eigenvalue weighted by atomic mass is 10.0. The highest BCUT2D eigenvalue weighted by Gasteiger charge is 2.10. The van der Waals surface area contributed by atoms with Crippen molar-refractivity contribution < 1.29 is 0 Å². The third-order valence-corrected chi connectivity index (χ3v) is 4.11. The molecule has 0 saturated heterocycles. The lowest BCUT2D eigenvalue weighted by Crippen LogP contribution is -2.20. The average molecular weight is 324 g/mol. The normalized spacial score (nSPS) is 14.3. The van der Waals surface area contributed by atoms with Crippen molar-refractivity contribution in [2.24, 2.45) is 0 Å². The number of nitrogen functional groups attached to an aromatic ring is 1. The van der Waals surface area contributed by atoms with Crippen LogP contribution in [0.4, 0.5) is 11.8 Å². The molecule has 1 aliphatic heterocycles. The third-order valence-electron chi connectivity index (χ3n) is 4.11. The first-order valence-electron chi connectivity index (χ1n) is 8.51. The van der Waals surface area contributed by atoms with E-state index in [0.29, 0.717) is 11.8 Å². The van der Waals surface area contributed by atoms with Crippen molar-refractivity contribution >= 4 is 17.3 Å². The molecule has 6 heteroatoms. The van der Waals surface area contributed by atoms with Gasteiger partial charge >= 0.3 is 0 Å². The number of rotatable bonds is 6. The maximum absolute atomic E-state index is 6.09. The van der Waals surface area contributed by atoms with E-state index < -0.39 is 0 Å². The van der Waals surface area contributed by atoms with Gasteiger partial charge in [-0.05, 0) is 36.6 Å². The molecule has 0 atom stereocenters. The zero-order chi connectivity index (χ0) is 16.8. The number of hydrogen-bond acceptors (Lipinski definition) is 6. The minimum Gasteiger partial charge on any atom is -0.383 e. The first-order chi connectivity index (χ1) is 11.8. The average Bonchev–Trinajstić information content (AvgIpc) is 2.63. The predicted molar refractivity (Wildman–Crippen MR) is 98.5 cm³/mol. The zero-order valence-electron chi connectivity index (χ0n) is 14.0. The molecule has 0 aromatic carbocycles. The van der Waals surface area contributed by atoms with Gasteiger partial charge in [-0.3, -0.25) is 4.98 Å². The largest absolute Gasteiger partial charge is 0.383 e. The second kappa shape index (κ2) is 7.88. The second-order valence-electron chi connectivity index (χ2n) is 5.89. The molecular weight excluding hydrogens is 300 g/mol. The van der Waals surface area contributed by atoms with Gasteiger partial charge in [-0.15, -0.1) is 0 Å². The van der Waals surface area contributed by atoms with Gasteiger partial charge in [0.25, 0.3) is 0 Å². The molecule has 0 unspecified atom stereocenters. The fourth-order valence-corrected chi connectivity index (χ4v) is 2.68. The van der Waals surface area contributed by atoms with Crippen molar-refractivity contribution in [2.75, 3.05) is 30.7 Å². The summed E-state index contributed by atoms with van der Waals surface area (Å²) in [6, 6.07) is 4.07. The summed E-state index contributed by atoms with van der Waals surface area (Å²) >= 11 is 0. The number of nitrogens with zero attached hydrogens (tertiary/aromatic N) is 3. The van der Waals surface area contributed by atoms with Gasteiger partial charge in [-0.25, -0.2) is 4.98 Å². The van der Waals surface area contributed by atoms with Crippen LogP contribution in [0.5, 0.6) is 0 Å². The summed E-state index contributed by atoms with van der Waals surface area (Å²) in [5.41, 5.74) is 10.2. The fourth-order valence-electron chi connectivity index (χ4n) is 2.68. The quantitative estimate of drug-likeness (QED) is 0.708. The van der Waals surface area contributed by atoms with Gasteiger partial charge < -0.3 is 16.4 Å². The number of aromatic nitrogens is 3. The van der Waals surface area contributed by atoms with Crippen LogP contribution in [0.2, 0.25) is 0 Å². The Morgan fingerprint density at radius 1 is 1.25 bits per heavy atom. The lowest BCUT2D eigenvalue weighted by molar-refractivity contribution is 0.738. The lowest BCUT2D eigenvalue weighted by Gasteiger charge is -2.14. The number of nitrogens with two attached hydrogens (primary N) is 1. The summed E-state index contributed by atoms with van der Waals surface area (Å²) in [5.74, 6) is 1.02. The standard InChI is InChI=1S/C18H24N6/c1-2-3-8-21-18-23-12-15(17(19)24-18)16-5-4-14(11-22-16)13-6-9-20-10-7-13/h4-6,11-12,20H,2-3,7-10H2,1H3,(H3,19,21,23,24). The van der Waals surface area contributed by atoms with Crippen LogP contribution in [0.1, 0.15) is 31.7 Å². The molecular formula is C18H24N6. The SMILES string of the molecule is CCCCNc1ncc(-c2ccc(C3=CCNCC3)cn2)c(N)n1. The zero-order valence-corrected chi connectivity index (χ0v) is 14.0. The van der Waals surface area contributed by atoms with Gasteiger partial charge in [0.2, 0.25) is 5.95 Å². The van der Waals surface area contributed by atoms with E-state index in [-0.39, 0.29) is 0 Å². The van der Waals surface area contributed by atoms with Gasteiger partial charge in [0, 0.05) is 25.5 Å². The van der Waals surface area contributed by atoms with Gasteiger partial charge in [0.1, 0.15) is 5.82 Å². The topological polar surface area (TPSA) is 88.8 Å². The van der Waals surface area contributed by atoms with E-state index in [1.807, 2.05) is 12.3 Å². The fraction of sp³-hybridized carbons (Fsp3) is 0.389. The molecule has 1 aliphatic rings. The van der Waals surface area contributed by atoms with E-state index in [2.05, 4.69) is 44.7 Å². The molecule has 3 heterocycles. The van der Waals surface area contributed by atoms with Gasteiger partial charge in [-0.1, -0.05) is 25.5 Å². The Hall–Kier alpha value is -2.47. The monoisotopic (exact) mass is 324 g/mol. The van der Waals surface area contributed by atoms with Crippen molar-refractivity contribution in [1.29, 1.82) is 0 Å². The molecule has 6 nitrogen and oxygen atoms in total. The van der Waals surface area contributed by atoms with Crippen molar-refractivity contribution in [3.05, 3.63) is 36.2 Å². The summed E-state index contributed by atoms with van der Waals surface area (Å²) in [4.78, 5) is 13.2. The smallest absolute Gasteiger partial charge is 0.224 e. The highest BCUT2D eigenvalue weighted by atomic mass is 15.1. The molecule has 0 radical (unpaired) electrons. The highest BCUT2D eigenvalue weighted by molar-refractivity contribution is 5.73. The molecule has 2 aromatic rings. The number of pyridine rings is 1. The van der Waals surface area contributed by atoms with Crippen LogP contribution in [-0.2, 0) is 0 Å². The van der Waals surface area contributed by atoms with E-state index in [1.165, 1.54) is 5.57 Å². The molecule has 0 bridgehead atoms. The third kappa shape index (κ3) is 3.89. The molecule has 0 aliphatic carbocycles. The van der Waals surface area contributed by atoms with Crippen LogP contribution < -0.4 is 16.4 Å². The van der Waals surface area contributed by atoms with E-state index in [0.717, 1.165) is 55.7 Å². The number of unbranched alkanes of at least 4 members (excludes halogenated alkanes) is 1. The first-order valence-corrected chi connectivity index (χ1v) is 8.51. The van der Waals surface area contributed by atoms with E-state index in [1.54, 1.807) is 6.20 Å². The number of anilines is 2. The Morgan fingerprint density at radius 2 is 2.17 bits per heavy atom. The van der Waals surface area contributed by atoms with Crippen LogP contribution in [0.3, 0.4) is 0 Å². The van der Waals surface area contributed by atoms with Crippen molar-refractivity contribution in [2.45, 2.75) is 26.2 Å². The molecule has 4 N–H and O–H groups in total. The number of nitrogens with one attached hydrogen (secondary N) is 2. The highest BCUT2D eigenvalue weighted by Crippen LogP contribution is 2.25. The molecule has 0 amide bonds. The van der Waals surface area contributed by atoms with Crippen LogP contribution in [0, 0.1) is 0 Å². The van der Waals surface area contributed by atoms with E-state index in [9.17, 15) is 0 Å². The van der Waals surface area contributed by atoms with Gasteiger partial charge in [0.05, 0.1) is 11.3 Å². The molecule has 126 valence electrons. The van der Waals surface area contributed by atoms with Crippen LogP contribution in [0.15, 0.2) is 30.6 Å². The predicted octanol–water partition coefficient (Wildman–Crippen LogP) is 2.71. The Labute approximate surface area is 142 Å². The molecule has 3 rings (SSSR count). The van der Waals surface area contributed by atoms with Crippen LogP contribution in [-0.4, -0.2) is 34.6 Å². The summed E-state index contributed by atoms with van der Waals surface area (Å²) in [7, 11) is 0. The Balaban J connectivity index is 1.75. The second-order valence-corrected chi connectivity index (χ2v) is 5.89. The molecule has 0 saturated carbocycles. The molecule has 0 fully saturated rings. The van der Waals surface area contributed by atoms with Crippen molar-refractivity contribution in [3.8, 4) is 11.3 Å². The summed E-state index contributed by atoms with van der Waals surface area (Å²) < 4.78 is 0.